The Labute approximate surface area is 102 Å². The van der Waals surface area contributed by atoms with Gasteiger partial charge in [0, 0.05) is 18.6 Å². The molecule has 96 valence electrons. The Bertz CT molecular complexity index is 191. The molecule has 0 radical (unpaired) electrons. The summed E-state index contributed by atoms with van der Waals surface area (Å²) in [5.74, 6) is 1.70. The van der Waals surface area contributed by atoms with Gasteiger partial charge in [-0.1, -0.05) is 27.2 Å². The summed E-state index contributed by atoms with van der Waals surface area (Å²) in [5.41, 5.74) is 5.94. The molecule has 0 aromatic rings. The van der Waals surface area contributed by atoms with E-state index in [1.165, 1.54) is 32.2 Å². The maximum Gasteiger partial charge on any atom is 0.0223 e. The average Bonchev–Trinajstić information content (AvgIpc) is 2.27. The largest absolute Gasteiger partial charge is 0.329 e. The van der Waals surface area contributed by atoms with E-state index in [2.05, 4.69) is 32.6 Å². The molecule has 0 bridgehead atoms. The van der Waals surface area contributed by atoms with Crippen molar-refractivity contribution in [3.8, 4) is 0 Å². The van der Waals surface area contributed by atoms with Gasteiger partial charge < -0.3 is 5.73 Å². The Hall–Kier alpha value is -0.0800. The van der Waals surface area contributed by atoms with Gasteiger partial charge in [-0.05, 0) is 44.6 Å². The molecule has 3 unspecified atom stereocenters. The Balaban J connectivity index is 2.52. The van der Waals surface area contributed by atoms with Crippen molar-refractivity contribution >= 4 is 0 Å². The van der Waals surface area contributed by atoms with Crippen LogP contribution < -0.4 is 5.73 Å². The summed E-state index contributed by atoms with van der Waals surface area (Å²) in [5, 5.41) is 0. The SMILES string of the molecule is CCC1CCN(C(C)CC(C)C)C(CN)C1. The molecule has 0 spiro atoms. The second kappa shape index (κ2) is 6.61. The molecule has 0 aromatic heterocycles. The molecule has 1 saturated heterocycles. The highest BCUT2D eigenvalue weighted by atomic mass is 15.2. The zero-order valence-corrected chi connectivity index (χ0v) is 11.6. The lowest BCUT2D eigenvalue weighted by Gasteiger charge is -2.43. The first-order valence-electron chi connectivity index (χ1n) is 7.04. The summed E-state index contributed by atoms with van der Waals surface area (Å²) in [6.45, 7) is 11.4. The smallest absolute Gasteiger partial charge is 0.0223 e. The molecule has 1 aliphatic heterocycles. The van der Waals surface area contributed by atoms with Crippen molar-refractivity contribution < 1.29 is 0 Å². The molecule has 0 saturated carbocycles. The van der Waals surface area contributed by atoms with Crippen molar-refractivity contribution in [1.82, 2.24) is 4.90 Å². The first kappa shape index (κ1) is 14.0. The third kappa shape index (κ3) is 3.74. The summed E-state index contributed by atoms with van der Waals surface area (Å²) in [6.07, 6.45) is 5.31. The van der Waals surface area contributed by atoms with Crippen molar-refractivity contribution in [3.05, 3.63) is 0 Å². The number of rotatable bonds is 5. The first-order chi connectivity index (χ1) is 7.58. The van der Waals surface area contributed by atoms with Gasteiger partial charge in [-0.2, -0.15) is 0 Å². The van der Waals surface area contributed by atoms with Crippen molar-refractivity contribution in [2.75, 3.05) is 13.1 Å². The van der Waals surface area contributed by atoms with Gasteiger partial charge in [0.05, 0.1) is 0 Å². The van der Waals surface area contributed by atoms with Crippen LogP contribution in [0.2, 0.25) is 0 Å². The minimum Gasteiger partial charge on any atom is -0.329 e. The number of likely N-dealkylation sites (tertiary alicyclic amines) is 1. The minimum atomic E-state index is 0.632. The van der Waals surface area contributed by atoms with Crippen LogP contribution in [0.1, 0.15) is 53.4 Å². The minimum absolute atomic E-state index is 0.632. The molecule has 1 heterocycles. The van der Waals surface area contributed by atoms with Crippen LogP contribution in [-0.2, 0) is 0 Å². The molecule has 2 N–H and O–H groups in total. The standard InChI is InChI=1S/C14H30N2/c1-5-13-6-7-16(14(9-13)10-15)12(4)8-11(2)3/h11-14H,5-10,15H2,1-4H3. The lowest BCUT2D eigenvalue weighted by molar-refractivity contribution is 0.0684. The molecule has 1 aliphatic rings. The van der Waals surface area contributed by atoms with Gasteiger partial charge in [0.1, 0.15) is 0 Å². The quantitative estimate of drug-likeness (QED) is 0.781. The molecule has 1 rings (SSSR count). The van der Waals surface area contributed by atoms with Crippen molar-refractivity contribution in [2.45, 2.75) is 65.5 Å². The van der Waals surface area contributed by atoms with E-state index >= 15 is 0 Å². The highest BCUT2D eigenvalue weighted by Gasteiger charge is 2.29. The Morgan fingerprint density at radius 3 is 2.50 bits per heavy atom. The van der Waals surface area contributed by atoms with E-state index < -0.39 is 0 Å². The Morgan fingerprint density at radius 1 is 1.31 bits per heavy atom. The zero-order chi connectivity index (χ0) is 12.1. The molecule has 3 atom stereocenters. The van der Waals surface area contributed by atoms with Crippen LogP contribution in [0.4, 0.5) is 0 Å². The third-order valence-electron chi connectivity index (χ3n) is 4.10. The zero-order valence-electron chi connectivity index (χ0n) is 11.6. The van der Waals surface area contributed by atoms with E-state index in [4.69, 9.17) is 5.73 Å². The molecule has 2 heteroatoms. The lowest BCUT2D eigenvalue weighted by Crippen LogP contribution is -2.50. The normalized spacial score (nSPS) is 29.6. The van der Waals surface area contributed by atoms with E-state index in [-0.39, 0.29) is 0 Å². The predicted octanol–water partition coefficient (Wildman–Crippen LogP) is 2.87. The number of hydrogen-bond donors (Lipinski definition) is 1. The number of hydrogen-bond acceptors (Lipinski definition) is 2. The van der Waals surface area contributed by atoms with Crippen molar-refractivity contribution in [3.63, 3.8) is 0 Å². The molecular weight excluding hydrogens is 196 g/mol. The molecule has 16 heavy (non-hydrogen) atoms. The predicted molar refractivity (Wildman–Crippen MR) is 71.5 cm³/mol. The fourth-order valence-corrected chi connectivity index (χ4v) is 3.15. The molecule has 2 nitrogen and oxygen atoms in total. The molecule has 0 aliphatic carbocycles. The van der Waals surface area contributed by atoms with Gasteiger partial charge in [-0.3, -0.25) is 4.90 Å². The second-order valence-electron chi connectivity index (χ2n) is 5.90. The lowest BCUT2D eigenvalue weighted by atomic mass is 9.87. The van der Waals surface area contributed by atoms with E-state index in [0.717, 1.165) is 18.4 Å². The van der Waals surface area contributed by atoms with E-state index in [0.29, 0.717) is 12.1 Å². The fourth-order valence-electron chi connectivity index (χ4n) is 3.15. The summed E-state index contributed by atoms with van der Waals surface area (Å²) in [7, 11) is 0. The van der Waals surface area contributed by atoms with Gasteiger partial charge in [-0.15, -0.1) is 0 Å². The molecular formula is C14H30N2. The van der Waals surface area contributed by atoms with Crippen LogP contribution in [-0.4, -0.2) is 30.1 Å². The highest BCUT2D eigenvalue weighted by Crippen LogP contribution is 2.27. The average molecular weight is 226 g/mol. The van der Waals surface area contributed by atoms with E-state index in [1.807, 2.05) is 0 Å². The topological polar surface area (TPSA) is 29.3 Å². The molecule has 1 fully saturated rings. The first-order valence-corrected chi connectivity index (χ1v) is 7.04. The monoisotopic (exact) mass is 226 g/mol. The van der Waals surface area contributed by atoms with Gasteiger partial charge in [0.2, 0.25) is 0 Å². The maximum atomic E-state index is 5.94. The van der Waals surface area contributed by atoms with Crippen LogP contribution in [0.15, 0.2) is 0 Å². The Morgan fingerprint density at radius 2 is 2.00 bits per heavy atom. The molecule has 0 amide bonds. The highest BCUT2D eigenvalue weighted by molar-refractivity contribution is 4.85. The summed E-state index contributed by atoms with van der Waals surface area (Å²) in [6, 6.07) is 1.33. The maximum absolute atomic E-state index is 5.94. The summed E-state index contributed by atoms with van der Waals surface area (Å²) in [4.78, 5) is 2.66. The Kier molecular flexibility index (Phi) is 5.77. The number of piperidine rings is 1. The van der Waals surface area contributed by atoms with E-state index in [1.54, 1.807) is 0 Å². The van der Waals surface area contributed by atoms with Gasteiger partial charge in [-0.25, -0.2) is 0 Å². The van der Waals surface area contributed by atoms with Crippen LogP contribution in [0, 0.1) is 11.8 Å². The van der Waals surface area contributed by atoms with Gasteiger partial charge in [0.15, 0.2) is 0 Å². The number of nitrogens with zero attached hydrogens (tertiary/aromatic N) is 1. The van der Waals surface area contributed by atoms with Crippen LogP contribution in [0.5, 0.6) is 0 Å². The van der Waals surface area contributed by atoms with Gasteiger partial charge in [0.25, 0.3) is 0 Å². The fraction of sp³-hybridized carbons (Fsp3) is 1.00. The van der Waals surface area contributed by atoms with Crippen LogP contribution in [0.3, 0.4) is 0 Å². The van der Waals surface area contributed by atoms with Crippen molar-refractivity contribution in [2.24, 2.45) is 17.6 Å². The van der Waals surface area contributed by atoms with Crippen molar-refractivity contribution in [1.29, 1.82) is 0 Å². The van der Waals surface area contributed by atoms with E-state index in [9.17, 15) is 0 Å². The second-order valence-corrected chi connectivity index (χ2v) is 5.90. The van der Waals surface area contributed by atoms with Crippen LogP contribution in [0.25, 0.3) is 0 Å². The summed E-state index contributed by atoms with van der Waals surface area (Å²) < 4.78 is 0. The third-order valence-corrected chi connectivity index (χ3v) is 4.10. The molecule has 0 aromatic carbocycles. The number of nitrogens with two attached hydrogens (primary N) is 1. The van der Waals surface area contributed by atoms with Crippen LogP contribution >= 0.6 is 0 Å². The van der Waals surface area contributed by atoms with Gasteiger partial charge >= 0.3 is 0 Å². The summed E-state index contributed by atoms with van der Waals surface area (Å²) >= 11 is 0.